The van der Waals surface area contributed by atoms with E-state index in [0.29, 0.717) is 4.90 Å². The van der Waals surface area contributed by atoms with Gasteiger partial charge in [-0.1, -0.05) is 23.9 Å². The summed E-state index contributed by atoms with van der Waals surface area (Å²) >= 11 is 0.909. The fraction of sp³-hybridized carbons (Fsp3) is 0.0714. The van der Waals surface area contributed by atoms with E-state index in [9.17, 15) is 18.0 Å². The predicted molar refractivity (Wildman–Crippen MR) is 68.3 cm³/mol. The summed E-state index contributed by atoms with van der Waals surface area (Å²) in [5, 5.41) is -0.153. The van der Waals surface area contributed by atoms with Gasteiger partial charge in [0.05, 0.1) is 0 Å². The maximum Gasteiger partial charge on any atom is 0.190 e. The maximum absolute atomic E-state index is 13.9. The van der Waals surface area contributed by atoms with Gasteiger partial charge in [-0.2, -0.15) is 0 Å². The molecule has 0 aliphatic carbocycles. The molecule has 98 valence electrons. The van der Waals surface area contributed by atoms with Crippen molar-refractivity contribution >= 4 is 16.9 Å². The summed E-state index contributed by atoms with van der Waals surface area (Å²) in [5.74, 6) is -2.59. The zero-order valence-electron chi connectivity index (χ0n) is 9.91. The number of carbonyl (C=O) groups is 1. The zero-order valence-corrected chi connectivity index (χ0v) is 10.7. The minimum atomic E-state index is -1.03. The summed E-state index contributed by atoms with van der Waals surface area (Å²) in [6.07, 6.45) is 0. The van der Waals surface area contributed by atoms with E-state index in [0.717, 1.165) is 23.9 Å². The largest absolute Gasteiger partial charge is 0.287 e. The average Bonchev–Trinajstić information content (AvgIpc) is 2.32. The lowest BCUT2D eigenvalue weighted by Crippen LogP contribution is -1.90. The highest BCUT2D eigenvalue weighted by Crippen LogP contribution is 2.28. The molecule has 2 rings (SSSR count). The van der Waals surface area contributed by atoms with Crippen LogP contribution in [-0.4, -0.2) is 5.12 Å². The van der Waals surface area contributed by atoms with E-state index in [1.165, 1.54) is 25.1 Å². The highest BCUT2D eigenvalue weighted by atomic mass is 32.2. The molecule has 0 aliphatic heterocycles. The SMILES string of the molecule is CC(=O)Sc1ccc(-c2ccc(F)c(F)c2)c(F)c1. The molecule has 0 spiro atoms. The topological polar surface area (TPSA) is 17.1 Å². The average molecular weight is 282 g/mol. The number of thioether (sulfide) groups is 1. The number of halogens is 3. The van der Waals surface area contributed by atoms with E-state index in [1.807, 2.05) is 0 Å². The zero-order chi connectivity index (χ0) is 14.0. The summed E-state index contributed by atoms with van der Waals surface area (Å²) < 4.78 is 39.8. The number of benzene rings is 2. The lowest BCUT2D eigenvalue weighted by Gasteiger charge is -2.06. The normalized spacial score (nSPS) is 10.5. The Hall–Kier alpha value is -1.75. The van der Waals surface area contributed by atoms with Crippen LogP contribution in [0.1, 0.15) is 6.92 Å². The molecule has 0 saturated carbocycles. The smallest absolute Gasteiger partial charge is 0.190 e. The van der Waals surface area contributed by atoms with Gasteiger partial charge in [-0.05, 0) is 29.8 Å². The van der Waals surface area contributed by atoms with Crippen LogP contribution in [0, 0.1) is 17.5 Å². The lowest BCUT2D eigenvalue weighted by atomic mass is 10.1. The van der Waals surface area contributed by atoms with E-state index >= 15 is 0 Å². The van der Waals surface area contributed by atoms with Crippen LogP contribution in [0.4, 0.5) is 13.2 Å². The third-order valence-electron chi connectivity index (χ3n) is 2.43. The van der Waals surface area contributed by atoms with Crippen molar-refractivity contribution in [3.8, 4) is 11.1 Å². The van der Waals surface area contributed by atoms with Gasteiger partial charge in [0, 0.05) is 17.4 Å². The van der Waals surface area contributed by atoms with Gasteiger partial charge in [-0.3, -0.25) is 4.79 Å². The van der Waals surface area contributed by atoms with Crippen LogP contribution < -0.4 is 0 Å². The van der Waals surface area contributed by atoms with Gasteiger partial charge in [0.2, 0.25) is 0 Å². The van der Waals surface area contributed by atoms with Gasteiger partial charge in [0.25, 0.3) is 0 Å². The monoisotopic (exact) mass is 282 g/mol. The van der Waals surface area contributed by atoms with Crippen LogP contribution in [0.3, 0.4) is 0 Å². The molecule has 0 aromatic heterocycles. The molecular formula is C14H9F3OS. The van der Waals surface area contributed by atoms with E-state index in [2.05, 4.69) is 0 Å². The number of carbonyl (C=O) groups excluding carboxylic acids is 1. The van der Waals surface area contributed by atoms with Crippen molar-refractivity contribution in [2.45, 2.75) is 11.8 Å². The first-order valence-electron chi connectivity index (χ1n) is 5.41. The maximum atomic E-state index is 13.9. The van der Waals surface area contributed by atoms with E-state index < -0.39 is 17.5 Å². The molecule has 1 nitrogen and oxygen atoms in total. The van der Waals surface area contributed by atoms with Crippen LogP contribution in [0.25, 0.3) is 11.1 Å². The third-order valence-corrected chi connectivity index (χ3v) is 3.21. The summed E-state index contributed by atoms with van der Waals surface area (Å²) in [4.78, 5) is 11.4. The lowest BCUT2D eigenvalue weighted by molar-refractivity contribution is -0.109. The molecule has 0 bridgehead atoms. The van der Waals surface area contributed by atoms with Crippen LogP contribution in [-0.2, 0) is 4.79 Å². The van der Waals surface area contributed by atoms with Gasteiger partial charge >= 0.3 is 0 Å². The minimum absolute atomic E-state index is 0.153. The Labute approximate surface area is 112 Å². The van der Waals surface area contributed by atoms with Crippen molar-refractivity contribution in [3.63, 3.8) is 0 Å². The second-order valence-corrected chi connectivity index (χ2v) is 5.11. The van der Waals surface area contributed by atoms with Crippen molar-refractivity contribution < 1.29 is 18.0 Å². The summed E-state index contributed by atoms with van der Waals surface area (Å²) in [7, 11) is 0. The molecule has 0 unspecified atom stereocenters. The van der Waals surface area contributed by atoms with Gasteiger partial charge in [-0.25, -0.2) is 13.2 Å². The first-order valence-corrected chi connectivity index (χ1v) is 6.22. The van der Waals surface area contributed by atoms with Crippen molar-refractivity contribution in [3.05, 3.63) is 53.8 Å². The summed E-state index contributed by atoms with van der Waals surface area (Å²) in [6.45, 7) is 1.38. The predicted octanol–water partition coefficient (Wildman–Crippen LogP) is 4.41. The fourth-order valence-corrected chi connectivity index (χ4v) is 2.25. The van der Waals surface area contributed by atoms with Gasteiger partial charge in [-0.15, -0.1) is 0 Å². The molecule has 0 amide bonds. The van der Waals surface area contributed by atoms with Crippen LogP contribution in [0.2, 0.25) is 0 Å². The Balaban J connectivity index is 2.40. The molecule has 2 aromatic carbocycles. The number of hydrogen-bond donors (Lipinski definition) is 0. The quantitative estimate of drug-likeness (QED) is 0.759. The molecule has 0 heterocycles. The molecule has 0 N–H and O–H groups in total. The molecule has 2 aromatic rings. The minimum Gasteiger partial charge on any atom is -0.287 e. The third kappa shape index (κ3) is 3.17. The molecule has 0 aliphatic rings. The fourth-order valence-electron chi connectivity index (χ4n) is 1.62. The Kier molecular flexibility index (Phi) is 3.95. The molecule has 19 heavy (non-hydrogen) atoms. The molecule has 0 atom stereocenters. The second kappa shape index (κ2) is 5.48. The Bertz CT molecular complexity index is 641. The highest BCUT2D eigenvalue weighted by Gasteiger charge is 2.10. The van der Waals surface area contributed by atoms with Gasteiger partial charge in [0.1, 0.15) is 5.82 Å². The number of rotatable bonds is 2. The van der Waals surface area contributed by atoms with Crippen LogP contribution in [0.15, 0.2) is 41.3 Å². The number of hydrogen-bond acceptors (Lipinski definition) is 2. The van der Waals surface area contributed by atoms with E-state index in [1.54, 1.807) is 6.07 Å². The molecule has 0 fully saturated rings. The highest BCUT2D eigenvalue weighted by molar-refractivity contribution is 8.13. The van der Waals surface area contributed by atoms with Gasteiger partial charge < -0.3 is 0 Å². The standard InChI is InChI=1S/C14H9F3OS/c1-8(18)19-10-3-4-11(13(16)7-10)9-2-5-12(15)14(17)6-9/h2-7H,1H3. The van der Waals surface area contributed by atoms with Crippen molar-refractivity contribution in [1.29, 1.82) is 0 Å². The van der Waals surface area contributed by atoms with Crippen LogP contribution >= 0.6 is 11.8 Å². The molecule has 5 heteroatoms. The first kappa shape index (κ1) is 13.7. The Morgan fingerprint density at radius 3 is 2.26 bits per heavy atom. The first-order chi connectivity index (χ1) is 8.97. The Morgan fingerprint density at radius 2 is 1.68 bits per heavy atom. The van der Waals surface area contributed by atoms with Crippen molar-refractivity contribution in [2.24, 2.45) is 0 Å². The Morgan fingerprint density at radius 1 is 0.947 bits per heavy atom. The summed E-state index contributed by atoms with van der Waals surface area (Å²) in [6, 6.07) is 7.38. The van der Waals surface area contributed by atoms with Crippen molar-refractivity contribution in [1.82, 2.24) is 0 Å². The summed E-state index contributed by atoms with van der Waals surface area (Å²) in [5.41, 5.74) is 0.405. The molecular weight excluding hydrogens is 273 g/mol. The molecule has 0 saturated heterocycles. The van der Waals surface area contributed by atoms with E-state index in [4.69, 9.17) is 0 Å². The molecule has 0 radical (unpaired) electrons. The second-order valence-electron chi connectivity index (χ2n) is 3.86. The van der Waals surface area contributed by atoms with Gasteiger partial charge in [0.15, 0.2) is 16.7 Å². The van der Waals surface area contributed by atoms with Crippen LogP contribution in [0.5, 0.6) is 0 Å². The van der Waals surface area contributed by atoms with Crippen molar-refractivity contribution in [2.75, 3.05) is 0 Å². The van der Waals surface area contributed by atoms with E-state index in [-0.39, 0.29) is 16.2 Å².